The van der Waals surface area contributed by atoms with E-state index in [4.69, 9.17) is 4.99 Å². The summed E-state index contributed by atoms with van der Waals surface area (Å²) in [5.74, 6) is 2.65. The Balaban J connectivity index is 1.80. The summed E-state index contributed by atoms with van der Waals surface area (Å²) in [4.78, 5) is 21.6. The summed E-state index contributed by atoms with van der Waals surface area (Å²) < 4.78 is 1.95. The number of nitrogens with one attached hydrogen (secondary N) is 1. The molecule has 2 heterocycles. The van der Waals surface area contributed by atoms with E-state index in [0.717, 1.165) is 37.0 Å². The van der Waals surface area contributed by atoms with Crippen LogP contribution in [0, 0.1) is 6.92 Å². The first-order valence-corrected chi connectivity index (χ1v) is 9.42. The van der Waals surface area contributed by atoms with E-state index in [0.29, 0.717) is 19.1 Å². The molecule has 1 aromatic heterocycles. The van der Waals surface area contributed by atoms with Gasteiger partial charge in [-0.1, -0.05) is 0 Å². The Morgan fingerprint density at radius 1 is 1.35 bits per heavy atom. The van der Waals surface area contributed by atoms with Crippen molar-refractivity contribution in [2.45, 2.75) is 71.6 Å². The van der Waals surface area contributed by atoms with Crippen molar-refractivity contribution in [3.63, 3.8) is 0 Å². The molecule has 1 amide bonds. The SMILES string of the molecule is Cc1nnc(CN=C(NC2CC2)N2CC(=O)N(C(C)C)C(C)(C)C2)n1C. The zero-order valence-corrected chi connectivity index (χ0v) is 16.8. The first-order valence-electron chi connectivity index (χ1n) is 9.42. The molecule has 1 aliphatic heterocycles. The third kappa shape index (κ3) is 3.83. The van der Waals surface area contributed by atoms with E-state index >= 15 is 0 Å². The lowest BCUT2D eigenvalue weighted by Gasteiger charge is -2.49. The monoisotopic (exact) mass is 361 g/mol. The number of rotatable bonds is 4. The predicted molar refractivity (Wildman–Crippen MR) is 101 cm³/mol. The van der Waals surface area contributed by atoms with Crippen molar-refractivity contribution in [2.24, 2.45) is 12.0 Å². The third-order valence-corrected chi connectivity index (χ3v) is 5.10. The lowest BCUT2D eigenvalue weighted by Crippen LogP contribution is -2.66. The molecule has 0 unspecified atom stereocenters. The van der Waals surface area contributed by atoms with Gasteiger partial charge >= 0.3 is 0 Å². The number of aliphatic imine (C=N–C) groups is 1. The average Bonchev–Trinajstić information content (AvgIpc) is 3.29. The van der Waals surface area contributed by atoms with E-state index in [-0.39, 0.29) is 17.5 Å². The molecular weight excluding hydrogens is 330 g/mol. The molecule has 0 spiro atoms. The van der Waals surface area contributed by atoms with Crippen LogP contribution in [-0.2, 0) is 18.4 Å². The second-order valence-electron chi connectivity index (χ2n) is 8.31. The Bertz CT molecular complexity index is 702. The van der Waals surface area contributed by atoms with Crippen molar-refractivity contribution in [3.8, 4) is 0 Å². The Morgan fingerprint density at radius 3 is 2.54 bits per heavy atom. The van der Waals surface area contributed by atoms with Gasteiger partial charge in [0.15, 0.2) is 11.8 Å². The average molecular weight is 361 g/mol. The second-order valence-corrected chi connectivity index (χ2v) is 8.31. The number of guanidine groups is 1. The standard InChI is InChI=1S/C18H31N7O/c1-12(2)25-16(26)10-24(11-18(25,4)5)17(20-14-7-8-14)19-9-15-22-21-13(3)23(15)6/h12,14H,7-11H2,1-6H3,(H,19,20). The first kappa shape index (κ1) is 18.7. The van der Waals surface area contributed by atoms with Gasteiger partial charge in [-0.2, -0.15) is 0 Å². The highest BCUT2D eigenvalue weighted by atomic mass is 16.2. The number of carbonyl (C=O) groups excluding carboxylic acids is 1. The smallest absolute Gasteiger partial charge is 0.242 e. The van der Waals surface area contributed by atoms with Crippen molar-refractivity contribution in [1.29, 1.82) is 0 Å². The van der Waals surface area contributed by atoms with Gasteiger partial charge in [-0.05, 0) is 47.5 Å². The van der Waals surface area contributed by atoms with Crippen molar-refractivity contribution in [1.82, 2.24) is 29.9 Å². The molecule has 0 atom stereocenters. The van der Waals surface area contributed by atoms with Gasteiger partial charge in [0.25, 0.3) is 0 Å². The van der Waals surface area contributed by atoms with Crippen LogP contribution < -0.4 is 5.32 Å². The minimum absolute atomic E-state index is 0.149. The van der Waals surface area contributed by atoms with Crippen LogP contribution in [-0.4, -0.2) is 67.1 Å². The van der Waals surface area contributed by atoms with Crippen molar-refractivity contribution in [2.75, 3.05) is 13.1 Å². The number of hydrogen-bond acceptors (Lipinski definition) is 4. The zero-order chi connectivity index (χ0) is 19.1. The normalized spacial score (nSPS) is 20.9. The van der Waals surface area contributed by atoms with Gasteiger partial charge in [0.05, 0.1) is 12.1 Å². The van der Waals surface area contributed by atoms with Gasteiger partial charge in [-0.15, -0.1) is 10.2 Å². The molecule has 1 aliphatic carbocycles. The van der Waals surface area contributed by atoms with Crippen LogP contribution in [0.3, 0.4) is 0 Å². The molecule has 0 aromatic carbocycles. The first-order chi connectivity index (χ1) is 12.2. The van der Waals surface area contributed by atoms with E-state index in [1.807, 2.05) is 23.4 Å². The molecular formula is C18H31N7O. The van der Waals surface area contributed by atoms with Gasteiger partial charge in [0.2, 0.25) is 5.91 Å². The maximum Gasteiger partial charge on any atom is 0.242 e. The molecule has 0 radical (unpaired) electrons. The van der Waals surface area contributed by atoms with Gasteiger partial charge in [0, 0.05) is 25.7 Å². The van der Waals surface area contributed by atoms with Crippen LogP contribution in [0.25, 0.3) is 0 Å². The molecule has 8 heteroatoms. The molecule has 8 nitrogen and oxygen atoms in total. The highest BCUT2D eigenvalue weighted by Gasteiger charge is 2.41. The number of hydrogen-bond donors (Lipinski definition) is 1. The highest BCUT2D eigenvalue weighted by molar-refractivity contribution is 5.88. The minimum Gasteiger partial charge on any atom is -0.353 e. The number of nitrogens with zero attached hydrogens (tertiary/aromatic N) is 6. The molecule has 2 fully saturated rings. The van der Waals surface area contributed by atoms with E-state index in [1.165, 1.54) is 0 Å². The number of amides is 1. The van der Waals surface area contributed by atoms with Crippen LogP contribution in [0.5, 0.6) is 0 Å². The summed E-state index contributed by atoms with van der Waals surface area (Å²) in [6.45, 7) is 11.9. The molecule has 2 aliphatic rings. The fraction of sp³-hybridized carbons (Fsp3) is 0.778. The van der Waals surface area contributed by atoms with E-state index in [1.54, 1.807) is 0 Å². The number of piperazine rings is 1. The van der Waals surface area contributed by atoms with Crippen LogP contribution in [0.4, 0.5) is 0 Å². The molecule has 1 aromatic rings. The molecule has 1 saturated heterocycles. The van der Waals surface area contributed by atoms with Gasteiger partial charge in [-0.25, -0.2) is 4.99 Å². The van der Waals surface area contributed by atoms with Crippen molar-refractivity contribution in [3.05, 3.63) is 11.6 Å². The maximum atomic E-state index is 12.8. The fourth-order valence-corrected chi connectivity index (χ4v) is 3.69. The molecule has 0 bridgehead atoms. The summed E-state index contributed by atoms with van der Waals surface area (Å²) in [5.41, 5.74) is -0.239. The molecule has 144 valence electrons. The molecule has 1 N–H and O–H groups in total. The lowest BCUT2D eigenvalue weighted by molar-refractivity contribution is -0.145. The summed E-state index contributed by atoms with van der Waals surface area (Å²) in [6.07, 6.45) is 2.32. The van der Waals surface area contributed by atoms with E-state index in [2.05, 4.69) is 48.1 Å². The van der Waals surface area contributed by atoms with E-state index in [9.17, 15) is 4.79 Å². The third-order valence-electron chi connectivity index (χ3n) is 5.10. The zero-order valence-electron chi connectivity index (χ0n) is 16.8. The summed E-state index contributed by atoms with van der Waals surface area (Å²) in [5, 5.41) is 11.8. The Labute approximate surface area is 155 Å². The van der Waals surface area contributed by atoms with Crippen LogP contribution >= 0.6 is 0 Å². The second kappa shape index (κ2) is 6.89. The predicted octanol–water partition coefficient (Wildman–Crippen LogP) is 1.06. The molecule has 1 saturated carbocycles. The van der Waals surface area contributed by atoms with E-state index < -0.39 is 0 Å². The number of aromatic nitrogens is 3. The summed E-state index contributed by atoms with van der Waals surface area (Å²) in [6, 6.07) is 0.661. The van der Waals surface area contributed by atoms with Gasteiger partial charge in [0.1, 0.15) is 12.4 Å². The maximum absolute atomic E-state index is 12.8. The largest absolute Gasteiger partial charge is 0.353 e. The van der Waals surface area contributed by atoms with Gasteiger partial charge in [-0.3, -0.25) is 4.79 Å². The Hall–Kier alpha value is -2.12. The molecule has 3 rings (SSSR count). The topological polar surface area (TPSA) is 78.7 Å². The van der Waals surface area contributed by atoms with Crippen LogP contribution in [0.15, 0.2) is 4.99 Å². The number of carbonyl (C=O) groups is 1. The summed E-state index contributed by atoms with van der Waals surface area (Å²) in [7, 11) is 1.95. The van der Waals surface area contributed by atoms with Gasteiger partial charge < -0.3 is 19.7 Å². The minimum atomic E-state index is -0.239. The van der Waals surface area contributed by atoms with Crippen LogP contribution in [0.2, 0.25) is 0 Å². The molecule has 26 heavy (non-hydrogen) atoms. The quantitative estimate of drug-likeness (QED) is 0.641. The fourth-order valence-electron chi connectivity index (χ4n) is 3.69. The number of aryl methyl sites for hydroxylation is 1. The van der Waals surface area contributed by atoms with Crippen LogP contribution in [0.1, 0.15) is 52.2 Å². The Kier molecular flexibility index (Phi) is 4.94. The van der Waals surface area contributed by atoms with Crippen molar-refractivity contribution >= 4 is 11.9 Å². The highest BCUT2D eigenvalue weighted by Crippen LogP contribution is 2.25. The lowest BCUT2D eigenvalue weighted by atomic mass is 9.96. The summed E-state index contributed by atoms with van der Waals surface area (Å²) >= 11 is 0. The van der Waals surface area contributed by atoms with Crippen molar-refractivity contribution < 1.29 is 4.79 Å². The Morgan fingerprint density at radius 2 is 2.04 bits per heavy atom.